The molecule has 0 aliphatic carbocycles. The van der Waals surface area contributed by atoms with Crippen LogP contribution >= 0.6 is 0 Å². The van der Waals surface area contributed by atoms with Crippen molar-refractivity contribution in [3.05, 3.63) is 41.7 Å². The van der Waals surface area contributed by atoms with Crippen LogP contribution in [0.4, 0.5) is 8.78 Å². The number of carbonyl (C=O) groups is 1. The Morgan fingerprint density at radius 2 is 2.05 bits per heavy atom. The molecule has 22 heavy (non-hydrogen) atoms. The lowest BCUT2D eigenvalue weighted by Crippen LogP contribution is -2.30. The maximum absolute atomic E-state index is 13.4. The van der Waals surface area contributed by atoms with Gasteiger partial charge in [0.1, 0.15) is 24.5 Å². The maximum Gasteiger partial charge on any atom is 0.240 e. The van der Waals surface area contributed by atoms with E-state index >= 15 is 0 Å². The fourth-order valence-electron chi connectivity index (χ4n) is 1.88. The molecule has 2 aromatic rings. The average molecular weight is 328 g/mol. The summed E-state index contributed by atoms with van der Waals surface area (Å²) < 4.78 is 39.5. The van der Waals surface area contributed by atoms with Gasteiger partial charge in [-0.25, -0.2) is 8.78 Å². The Kier molecular flexibility index (Phi) is 5.31. The number of halogens is 2. The first-order chi connectivity index (χ1) is 10.5. The van der Waals surface area contributed by atoms with Gasteiger partial charge >= 0.3 is 0 Å². The van der Waals surface area contributed by atoms with E-state index in [1.807, 2.05) is 0 Å². The summed E-state index contributed by atoms with van der Waals surface area (Å²) in [6.45, 7) is -0.0228. The van der Waals surface area contributed by atoms with Crippen molar-refractivity contribution >= 4 is 16.7 Å². The number of carbonyl (C=O) groups excluding carboxylic acids is 1. The summed E-state index contributed by atoms with van der Waals surface area (Å²) in [5, 5.41) is 9.97. The minimum atomic E-state index is -1.36. The number of nitrogens with one attached hydrogen (secondary N) is 1. The normalized spacial score (nSPS) is 12.1. The molecule has 1 aromatic heterocycles. The molecule has 1 heterocycles. The second kappa shape index (κ2) is 7.21. The molecule has 118 valence electrons. The summed E-state index contributed by atoms with van der Waals surface area (Å²) in [4.78, 5) is 11.8. The van der Waals surface area contributed by atoms with Crippen LogP contribution in [-0.2, 0) is 28.6 Å². The van der Waals surface area contributed by atoms with E-state index in [0.717, 1.165) is 0 Å². The van der Waals surface area contributed by atoms with Gasteiger partial charge in [-0.1, -0.05) is 6.07 Å². The standard InChI is InChI=1S/C13H14F2N4O2S/c1-22(21)13-18-17-8-19(13)7-12(20)16-6-5-9-10(14)3-2-4-11(9)15/h2-4,8H,5-7H2,1H3,(H,16,20)/t22-/m0/s1. The zero-order valence-electron chi connectivity index (χ0n) is 11.8. The predicted octanol–water partition coefficient (Wildman–Crippen LogP) is 0.653. The number of hydrogen-bond acceptors (Lipinski definition) is 4. The van der Waals surface area contributed by atoms with Gasteiger partial charge in [0.25, 0.3) is 0 Å². The molecule has 0 aliphatic heterocycles. The molecule has 1 aromatic carbocycles. The molecule has 0 fully saturated rings. The molecule has 0 radical (unpaired) electrons. The van der Waals surface area contributed by atoms with Crippen LogP contribution in [0.1, 0.15) is 5.56 Å². The Hall–Kier alpha value is -2.16. The van der Waals surface area contributed by atoms with Crippen LogP contribution in [0.2, 0.25) is 0 Å². The van der Waals surface area contributed by atoms with Crippen molar-refractivity contribution < 1.29 is 17.8 Å². The number of rotatable bonds is 6. The molecule has 0 saturated carbocycles. The average Bonchev–Trinajstić information content (AvgIpc) is 2.90. The summed E-state index contributed by atoms with van der Waals surface area (Å²) in [6.07, 6.45) is 2.77. The lowest BCUT2D eigenvalue weighted by Gasteiger charge is -2.08. The van der Waals surface area contributed by atoms with E-state index in [1.54, 1.807) is 0 Å². The second-order valence-corrected chi connectivity index (χ2v) is 5.77. The zero-order chi connectivity index (χ0) is 16.1. The Morgan fingerprint density at radius 3 is 2.68 bits per heavy atom. The summed E-state index contributed by atoms with van der Waals surface area (Å²) in [5.41, 5.74) is -0.0672. The van der Waals surface area contributed by atoms with Gasteiger partial charge < -0.3 is 5.32 Å². The highest BCUT2D eigenvalue weighted by Gasteiger charge is 2.12. The molecule has 6 nitrogen and oxygen atoms in total. The predicted molar refractivity (Wildman–Crippen MR) is 75.4 cm³/mol. The first-order valence-electron chi connectivity index (χ1n) is 6.40. The van der Waals surface area contributed by atoms with Gasteiger partial charge in [0.15, 0.2) is 0 Å². The molecule has 2 rings (SSSR count). The molecule has 1 amide bonds. The van der Waals surface area contributed by atoms with Crippen LogP contribution in [0.5, 0.6) is 0 Å². The van der Waals surface area contributed by atoms with E-state index < -0.39 is 22.4 Å². The SMILES string of the molecule is C[S@](=O)c1nncn1CC(=O)NCCc1c(F)cccc1F. The molecule has 0 bridgehead atoms. The van der Waals surface area contributed by atoms with E-state index in [4.69, 9.17) is 0 Å². The summed E-state index contributed by atoms with van der Waals surface area (Å²) in [5.74, 6) is -1.67. The second-order valence-electron chi connectivity index (χ2n) is 4.50. The third-order valence-corrected chi connectivity index (χ3v) is 3.74. The third kappa shape index (κ3) is 3.94. The maximum atomic E-state index is 13.4. The highest BCUT2D eigenvalue weighted by molar-refractivity contribution is 7.84. The number of aromatic nitrogens is 3. The molecule has 0 unspecified atom stereocenters. The lowest BCUT2D eigenvalue weighted by molar-refractivity contribution is -0.121. The Balaban J connectivity index is 1.88. The molecular weight excluding hydrogens is 314 g/mol. The third-order valence-electron chi connectivity index (χ3n) is 2.91. The molecule has 0 spiro atoms. The van der Waals surface area contributed by atoms with Crippen LogP contribution in [0.3, 0.4) is 0 Å². The van der Waals surface area contributed by atoms with E-state index in [-0.39, 0.29) is 36.1 Å². The van der Waals surface area contributed by atoms with E-state index in [9.17, 15) is 17.8 Å². The zero-order valence-corrected chi connectivity index (χ0v) is 12.6. The van der Waals surface area contributed by atoms with Crippen molar-refractivity contribution in [3.8, 4) is 0 Å². The fraction of sp³-hybridized carbons (Fsp3) is 0.308. The van der Waals surface area contributed by atoms with E-state index in [2.05, 4.69) is 15.5 Å². The fourth-order valence-corrected chi connectivity index (χ4v) is 2.49. The van der Waals surface area contributed by atoms with E-state index in [0.29, 0.717) is 0 Å². The van der Waals surface area contributed by atoms with Gasteiger partial charge in [0.05, 0.1) is 10.8 Å². The monoisotopic (exact) mass is 328 g/mol. The van der Waals surface area contributed by atoms with Gasteiger partial charge in [-0.05, 0) is 18.6 Å². The summed E-state index contributed by atoms with van der Waals surface area (Å²) in [6, 6.07) is 3.62. The number of nitrogens with zero attached hydrogens (tertiary/aromatic N) is 3. The van der Waals surface area contributed by atoms with Crippen molar-refractivity contribution in [2.24, 2.45) is 0 Å². The highest BCUT2D eigenvalue weighted by Crippen LogP contribution is 2.12. The van der Waals surface area contributed by atoms with Gasteiger partial charge in [-0.15, -0.1) is 10.2 Å². The summed E-state index contributed by atoms with van der Waals surface area (Å²) >= 11 is 0. The minimum Gasteiger partial charge on any atom is -0.354 e. The van der Waals surface area contributed by atoms with E-state index in [1.165, 1.54) is 35.3 Å². The number of amides is 1. The first-order valence-corrected chi connectivity index (χ1v) is 7.95. The molecule has 0 saturated heterocycles. The van der Waals surface area contributed by atoms with Crippen molar-refractivity contribution in [3.63, 3.8) is 0 Å². The van der Waals surface area contributed by atoms with Crippen molar-refractivity contribution in [2.75, 3.05) is 12.8 Å². The van der Waals surface area contributed by atoms with Crippen LogP contribution in [0, 0.1) is 11.6 Å². The van der Waals surface area contributed by atoms with Gasteiger partial charge in [-0.3, -0.25) is 13.6 Å². The van der Waals surface area contributed by atoms with Crippen molar-refractivity contribution in [1.82, 2.24) is 20.1 Å². The van der Waals surface area contributed by atoms with Crippen molar-refractivity contribution in [1.29, 1.82) is 0 Å². The van der Waals surface area contributed by atoms with Crippen LogP contribution < -0.4 is 5.32 Å². The Bertz CT molecular complexity index is 685. The minimum absolute atomic E-state index is 0.0407. The van der Waals surface area contributed by atoms with Crippen LogP contribution in [-0.4, -0.2) is 37.7 Å². The molecular formula is C13H14F2N4O2S. The molecule has 9 heteroatoms. The van der Waals surface area contributed by atoms with Crippen LogP contribution in [0.25, 0.3) is 0 Å². The van der Waals surface area contributed by atoms with Crippen molar-refractivity contribution in [2.45, 2.75) is 18.1 Å². The largest absolute Gasteiger partial charge is 0.354 e. The van der Waals surface area contributed by atoms with Gasteiger partial charge in [0.2, 0.25) is 11.1 Å². The molecule has 1 N–H and O–H groups in total. The number of benzene rings is 1. The Labute approximate surface area is 128 Å². The topological polar surface area (TPSA) is 76.9 Å². The van der Waals surface area contributed by atoms with Gasteiger partial charge in [0, 0.05) is 18.4 Å². The number of hydrogen-bond donors (Lipinski definition) is 1. The Morgan fingerprint density at radius 1 is 1.36 bits per heavy atom. The smallest absolute Gasteiger partial charge is 0.240 e. The molecule has 0 aliphatic rings. The highest BCUT2D eigenvalue weighted by atomic mass is 32.2. The quantitative estimate of drug-likeness (QED) is 0.845. The lowest BCUT2D eigenvalue weighted by atomic mass is 10.1. The molecule has 1 atom stereocenters. The summed E-state index contributed by atoms with van der Waals surface area (Å²) in [7, 11) is -1.36. The van der Waals surface area contributed by atoms with Gasteiger partial charge in [-0.2, -0.15) is 0 Å². The first kappa shape index (κ1) is 16.2. The van der Waals surface area contributed by atoms with Crippen LogP contribution in [0.15, 0.2) is 29.7 Å².